The summed E-state index contributed by atoms with van der Waals surface area (Å²) < 4.78 is 3.17. The van der Waals surface area contributed by atoms with Crippen LogP contribution >= 0.6 is 31.9 Å². The second-order valence-corrected chi connectivity index (χ2v) is 5.75. The minimum absolute atomic E-state index is 0.278. The lowest BCUT2D eigenvalue weighted by Gasteiger charge is -2.01. The van der Waals surface area contributed by atoms with Crippen LogP contribution in [0.4, 0.5) is 5.82 Å². The van der Waals surface area contributed by atoms with Crippen LogP contribution < -0.4 is 5.32 Å². The Balaban J connectivity index is 1.86. The first-order valence-corrected chi connectivity index (χ1v) is 7.14. The van der Waals surface area contributed by atoms with Gasteiger partial charge in [0.1, 0.15) is 5.82 Å². The Morgan fingerprint density at radius 1 is 1.15 bits per heavy atom. The highest BCUT2D eigenvalue weighted by Crippen LogP contribution is 2.13. The van der Waals surface area contributed by atoms with E-state index >= 15 is 0 Å². The van der Waals surface area contributed by atoms with Gasteiger partial charge in [-0.15, -0.1) is 0 Å². The fourth-order valence-corrected chi connectivity index (χ4v) is 2.13. The fourth-order valence-electron chi connectivity index (χ4n) is 1.60. The SMILES string of the molecule is O=C(Nc1ccc(Br)cn1)c1cc2ncc(Br)cn2n1. The smallest absolute Gasteiger partial charge is 0.277 e. The molecule has 0 atom stereocenters. The standard InChI is InChI=1S/C12H7Br2N5O/c13-7-1-2-10(15-4-7)17-12(20)9-3-11-16-5-8(14)6-19(11)18-9/h1-6H,(H,15,17,20). The van der Waals surface area contributed by atoms with Crippen LogP contribution in [0.25, 0.3) is 5.65 Å². The van der Waals surface area contributed by atoms with E-state index in [0.29, 0.717) is 11.5 Å². The number of rotatable bonds is 2. The van der Waals surface area contributed by atoms with Crippen LogP contribution in [0.5, 0.6) is 0 Å². The van der Waals surface area contributed by atoms with Crippen LogP contribution in [0.3, 0.4) is 0 Å². The van der Waals surface area contributed by atoms with E-state index in [1.54, 1.807) is 36.8 Å². The van der Waals surface area contributed by atoms with Gasteiger partial charge in [-0.05, 0) is 44.0 Å². The van der Waals surface area contributed by atoms with Gasteiger partial charge in [-0.1, -0.05) is 0 Å². The van der Waals surface area contributed by atoms with Gasteiger partial charge >= 0.3 is 0 Å². The zero-order valence-corrected chi connectivity index (χ0v) is 13.1. The molecule has 3 aromatic heterocycles. The number of anilines is 1. The Hall–Kier alpha value is -1.80. The van der Waals surface area contributed by atoms with E-state index in [1.807, 2.05) is 0 Å². The number of pyridine rings is 1. The van der Waals surface area contributed by atoms with Gasteiger partial charge < -0.3 is 5.32 Å². The molecular weight excluding hydrogens is 390 g/mol. The van der Waals surface area contributed by atoms with Crippen molar-refractivity contribution >= 4 is 49.2 Å². The number of fused-ring (bicyclic) bond motifs is 1. The molecule has 0 aliphatic carbocycles. The molecule has 1 amide bonds. The molecule has 0 aliphatic heterocycles. The summed E-state index contributed by atoms with van der Waals surface area (Å²) in [5.74, 6) is 0.130. The summed E-state index contributed by atoms with van der Waals surface area (Å²) in [5.41, 5.74) is 0.877. The van der Waals surface area contributed by atoms with Crippen molar-refractivity contribution in [3.05, 3.63) is 51.4 Å². The maximum Gasteiger partial charge on any atom is 0.277 e. The lowest BCUT2D eigenvalue weighted by Crippen LogP contribution is -2.13. The second-order valence-electron chi connectivity index (χ2n) is 3.92. The zero-order valence-electron chi connectivity index (χ0n) is 9.92. The van der Waals surface area contributed by atoms with Gasteiger partial charge in [0, 0.05) is 29.1 Å². The Bertz CT molecular complexity index is 784. The largest absolute Gasteiger partial charge is 0.305 e. The average Bonchev–Trinajstić information content (AvgIpc) is 2.84. The highest BCUT2D eigenvalue weighted by molar-refractivity contribution is 9.10. The van der Waals surface area contributed by atoms with E-state index in [0.717, 1.165) is 8.95 Å². The third-order valence-electron chi connectivity index (χ3n) is 2.48. The molecule has 1 N–H and O–H groups in total. The average molecular weight is 397 g/mol. The van der Waals surface area contributed by atoms with Crippen molar-refractivity contribution in [3.8, 4) is 0 Å². The molecule has 0 radical (unpaired) electrons. The van der Waals surface area contributed by atoms with Crippen LogP contribution in [0.15, 0.2) is 45.7 Å². The summed E-state index contributed by atoms with van der Waals surface area (Å²) in [6.45, 7) is 0. The Labute approximate surface area is 130 Å². The number of nitrogens with zero attached hydrogens (tertiary/aromatic N) is 4. The summed E-state index contributed by atoms with van der Waals surface area (Å²) in [4.78, 5) is 20.3. The summed E-state index contributed by atoms with van der Waals surface area (Å²) in [7, 11) is 0. The van der Waals surface area contributed by atoms with Gasteiger partial charge in [0.05, 0.1) is 4.47 Å². The fraction of sp³-hybridized carbons (Fsp3) is 0. The van der Waals surface area contributed by atoms with Crippen molar-refractivity contribution in [2.75, 3.05) is 5.32 Å². The molecule has 6 nitrogen and oxygen atoms in total. The van der Waals surface area contributed by atoms with Crippen LogP contribution in [0.1, 0.15) is 10.5 Å². The van der Waals surface area contributed by atoms with Crippen molar-refractivity contribution in [1.82, 2.24) is 19.6 Å². The normalized spacial score (nSPS) is 10.7. The summed E-state index contributed by atoms with van der Waals surface area (Å²) >= 11 is 6.58. The number of halogens is 2. The van der Waals surface area contributed by atoms with Crippen molar-refractivity contribution < 1.29 is 4.79 Å². The third-order valence-corrected chi connectivity index (χ3v) is 3.36. The topological polar surface area (TPSA) is 72.2 Å². The molecular formula is C12H7Br2N5O. The molecule has 0 aliphatic rings. The summed E-state index contributed by atoms with van der Waals surface area (Å²) in [6.07, 6.45) is 4.99. The molecule has 3 aromatic rings. The Morgan fingerprint density at radius 3 is 2.70 bits per heavy atom. The van der Waals surface area contributed by atoms with Crippen molar-refractivity contribution in [1.29, 1.82) is 0 Å². The van der Waals surface area contributed by atoms with E-state index in [1.165, 1.54) is 4.52 Å². The first kappa shape index (κ1) is 13.2. The highest BCUT2D eigenvalue weighted by atomic mass is 79.9. The molecule has 0 bridgehead atoms. The highest BCUT2D eigenvalue weighted by Gasteiger charge is 2.12. The number of amides is 1. The predicted molar refractivity (Wildman–Crippen MR) is 80.6 cm³/mol. The van der Waals surface area contributed by atoms with E-state index in [9.17, 15) is 4.79 Å². The van der Waals surface area contributed by atoms with Gasteiger partial charge in [0.2, 0.25) is 0 Å². The second kappa shape index (κ2) is 5.29. The molecule has 3 rings (SSSR count). The van der Waals surface area contributed by atoms with Crippen molar-refractivity contribution in [2.45, 2.75) is 0 Å². The van der Waals surface area contributed by atoms with E-state index in [4.69, 9.17) is 0 Å². The quantitative estimate of drug-likeness (QED) is 0.722. The maximum atomic E-state index is 12.1. The van der Waals surface area contributed by atoms with Gasteiger partial charge in [-0.2, -0.15) is 5.10 Å². The molecule has 0 fully saturated rings. The number of carbonyl (C=O) groups is 1. The molecule has 3 heterocycles. The molecule has 8 heteroatoms. The number of nitrogens with one attached hydrogen (secondary N) is 1. The molecule has 0 saturated carbocycles. The van der Waals surface area contributed by atoms with Crippen LogP contribution in [0.2, 0.25) is 0 Å². The molecule has 100 valence electrons. The maximum absolute atomic E-state index is 12.1. The van der Waals surface area contributed by atoms with Gasteiger partial charge in [0.25, 0.3) is 5.91 Å². The summed E-state index contributed by atoms with van der Waals surface area (Å²) in [6, 6.07) is 5.11. The third kappa shape index (κ3) is 2.70. The number of hydrogen-bond donors (Lipinski definition) is 1. The number of carbonyl (C=O) groups excluding carboxylic acids is 1. The molecule has 0 saturated heterocycles. The Kier molecular flexibility index (Phi) is 3.49. The minimum atomic E-state index is -0.332. The summed E-state index contributed by atoms with van der Waals surface area (Å²) in [5, 5.41) is 6.84. The predicted octanol–water partition coefficient (Wildman–Crippen LogP) is 2.90. The minimum Gasteiger partial charge on any atom is -0.305 e. The lowest BCUT2D eigenvalue weighted by molar-refractivity contribution is 0.102. The van der Waals surface area contributed by atoms with Crippen LogP contribution in [0, 0.1) is 0 Å². The van der Waals surface area contributed by atoms with Gasteiger partial charge in [-0.3, -0.25) is 4.79 Å². The van der Waals surface area contributed by atoms with Crippen LogP contribution in [-0.2, 0) is 0 Å². The monoisotopic (exact) mass is 395 g/mol. The van der Waals surface area contributed by atoms with Gasteiger partial charge in [0.15, 0.2) is 11.3 Å². The number of aromatic nitrogens is 4. The van der Waals surface area contributed by atoms with E-state index in [2.05, 4.69) is 52.2 Å². The molecule has 20 heavy (non-hydrogen) atoms. The molecule has 0 aromatic carbocycles. The van der Waals surface area contributed by atoms with Crippen LogP contribution in [-0.4, -0.2) is 25.5 Å². The molecule has 0 unspecified atom stereocenters. The first-order valence-electron chi connectivity index (χ1n) is 5.56. The Morgan fingerprint density at radius 2 is 1.95 bits per heavy atom. The van der Waals surface area contributed by atoms with Crippen molar-refractivity contribution in [2.24, 2.45) is 0 Å². The molecule has 0 spiro atoms. The van der Waals surface area contributed by atoms with Gasteiger partial charge in [-0.25, -0.2) is 14.5 Å². The van der Waals surface area contributed by atoms with E-state index < -0.39 is 0 Å². The van der Waals surface area contributed by atoms with E-state index in [-0.39, 0.29) is 11.6 Å². The van der Waals surface area contributed by atoms with Crippen molar-refractivity contribution in [3.63, 3.8) is 0 Å². The number of hydrogen-bond acceptors (Lipinski definition) is 4. The zero-order chi connectivity index (χ0) is 14.1. The lowest BCUT2D eigenvalue weighted by atomic mass is 10.4. The first-order chi connectivity index (χ1) is 9.61.